The van der Waals surface area contributed by atoms with Crippen molar-refractivity contribution in [1.82, 2.24) is 10.3 Å². The van der Waals surface area contributed by atoms with Gasteiger partial charge >= 0.3 is 0 Å². The number of nitrogens with one attached hydrogen (secondary N) is 1. The van der Waals surface area contributed by atoms with Crippen LogP contribution in [0.1, 0.15) is 5.56 Å². The molecule has 0 aliphatic heterocycles. The summed E-state index contributed by atoms with van der Waals surface area (Å²) in [4.78, 5) is 19.3. The van der Waals surface area contributed by atoms with Gasteiger partial charge < -0.3 is 15.0 Å². The number of pyridine rings is 1. The van der Waals surface area contributed by atoms with Gasteiger partial charge in [0.2, 0.25) is 5.91 Å². The molecule has 1 heterocycles. The lowest BCUT2D eigenvalue weighted by atomic mass is 10.2. The van der Waals surface area contributed by atoms with Crippen LogP contribution >= 0.6 is 11.8 Å². The first-order valence-corrected chi connectivity index (χ1v) is 8.23. The van der Waals surface area contributed by atoms with E-state index in [1.54, 1.807) is 13.3 Å². The second-order valence-corrected chi connectivity index (χ2v) is 6.17. The van der Waals surface area contributed by atoms with Crippen molar-refractivity contribution in [3.63, 3.8) is 0 Å². The molecule has 1 aromatic carbocycles. The minimum absolute atomic E-state index is 0.00798. The van der Waals surface area contributed by atoms with E-state index in [0.29, 0.717) is 12.3 Å². The molecule has 2 aromatic rings. The molecule has 0 saturated carbocycles. The highest BCUT2D eigenvalue weighted by molar-refractivity contribution is 8.00. The van der Waals surface area contributed by atoms with Crippen molar-refractivity contribution < 1.29 is 9.53 Å². The Bertz CT molecular complexity index is 662. The third-order valence-electron chi connectivity index (χ3n) is 3.18. The van der Waals surface area contributed by atoms with E-state index in [4.69, 9.17) is 4.74 Å². The maximum atomic E-state index is 12.0. The van der Waals surface area contributed by atoms with Crippen LogP contribution in [0.4, 0.5) is 5.82 Å². The van der Waals surface area contributed by atoms with Crippen LogP contribution in [0.15, 0.2) is 47.5 Å². The summed E-state index contributed by atoms with van der Waals surface area (Å²) in [6, 6.07) is 11.5. The Labute approximate surface area is 141 Å². The van der Waals surface area contributed by atoms with Gasteiger partial charge in [-0.15, -0.1) is 11.8 Å². The summed E-state index contributed by atoms with van der Waals surface area (Å²) in [5.74, 6) is 2.02. The molecule has 0 aliphatic carbocycles. The zero-order valence-electron chi connectivity index (χ0n) is 13.6. The van der Waals surface area contributed by atoms with Crippen LogP contribution in [0.5, 0.6) is 5.75 Å². The highest BCUT2D eigenvalue weighted by atomic mass is 32.2. The monoisotopic (exact) mass is 331 g/mol. The normalized spacial score (nSPS) is 10.2. The summed E-state index contributed by atoms with van der Waals surface area (Å²) >= 11 is 1.49. The van der Waals surface area contributed by atoms with E-state index in [9.17, 15) is 4.79 Å². The minimum Gasteiger partial charge on any atom is -0.497 e. The molecule has 23 heavy (non-hydrogen) atoms. The van der Waals surface area contributed by atoms with Gasteiger partial charge in [0.25, 0.3) is 0 Å². The summed E-state index contributed by atoms with van der Waals surface area (Å²) in [5, 5.41) is 2.94. The third-order valence-corrected chi connectivity index (χ3v) is 4.17. The molecule has 0 radical (unpaired) electrons. The SMILES string of the molecule is COc1cccc(SCC(=O)NCc2cccnc2N(C)C)c1. The van der Waals surface area contributed by atoms with Crippen molar-refractivity contribution >= 4 is 23.5 Å². The number of ether oxygens (including phenoxy) is 1. The van der Waals surface area contributed by atoms with Gasteiger partial charge in [-0.05, 0) is 24.3 Å². The molecule has 2 rings (SSSR count). The quantitative estimate of drug-likeness (QED) is 0.790. The fourth-order valence-electron chi connectivity index (χ4n) is 2.06. The second-order valence-electron chi connectivity index (χ2n) is 5.12. The molecule has 0 atom stereocenters. The summed E-state index contributed by atoms with van der Waals surface area (Å²) in [6.07, 6.45) is 1.75. The van der Waals surface area contributed by atoms with Crippen LogP contribution in [0.2, 0.25) is 0 Å². The van der Waals surface area contributed by atoms with E-state index in [1.165, 1.54) is 11.8 Å². The molecule has 1 aromatic heterocycles. The molecular formula is C17H21N3O2S. The Morgan fingerprint density at radius 2 is 2.13 bits per heavy atom. The number of aromatic nitrogens is 1. The second kappa shape index (κ2) is 8.43. The number of carbonyl (C=O) groups excluding carboxylic acids is 1. The van der Waals surface area contributed by atoms with E-state index in [0.717, 1.165) is 22.0 Å². The van der Waals surface area contributed by atoms with Crippen LogP contribution in [0.3, 0.4) is 0 Å². The number of thioether (sulfide) groups is 1. The van der Waals surface area contributed by atoms with Crippen LogP contribution in [0, 0.1) is 0 Å². The molecular weight excluding hydrogens is 310 g/mol. The predicted molar refractivity (Wildman–Crippen MR) is 94.1 cm³/mol. The van der Waals surface area contributed by atoms with E-state index in [1.807, 2.05) is 55.4 Å². The van der Waals surface area contributed by atoms with Gasteiger partial charge in [-0.1, -0.05) is 12.1 Å². The van der Waals surface area contributed by atoms with Gasteiger partial charge in [0.15, 0.2) is 0 Å². The number of hydrogen-bond acceptors (Lipinski definition) is 5. The minimum atomic E-state index is -0.00798. The first-order valence-electron chi connectivity index (χ1n) is 7.25. The van der Waals surface area contributed by atoms with Crippen LogP contribution in [-0.4, -0.2) is 37.8 Å². The highest BCUT2D eigenvalue weighted by Gasteiger charge is 2.08. The molecule has 0 saturated heterocycles. The fourth-order valence-corrected chi connectivity index (χ4v) is 2.83. The van der Waals surface area contributed by atoms with E-state index < -0.39 is 0 Å². The number of methoxy groups -OCH3 is 1. The summed E-state index contributed by atoms with van der Waals surface area (Å²) in [7, 11) is 5.51. The van der Waals surface area contributed by atoms with Gasteiger partial charge in [-0.25, -0.2) is 4.98 Å². The molecule has 122 valence electrons. The molecule has 0 bridgehead atoms. The number of carbonyl (C=O) groups is 1. The molecule has 0 fully saturated rings. The lowest BCUT2D eigenvalue weighted by Gasteiger charge is -2.16. The number of hydrogen-bond donors (Lipinski definition) is 1. The fraction of sp³-hybridized carbons (Fsp3) is 0.294. The summed E-state index contributed by atoms with van der Waals surface area (Å²) in [5.41, 5.74) is 0.997. The Morgan fingerprint density at radius 1 is 1.30 bits per heavy atom. The summed E-state index contributed by atoms with van der Waals surface area (Å²) < 4.78 is 5.18. The zero-order valence-corrected chi connectivity index (χ0v) is 14.4. The number of benzene rings is 1. The lowest BCUT2D eigenvalue weighted by Crippen LogP contribution is -2.26. The van der Waals surface area contributed by atoms with Gasteiger partial charge in [0, 0.05) is 37.3 Å². The van der Waals surface area contributed by atoms with Gasteiger partial charge in [0.05, 0.1) is 12.9 Å². The largest absolute Gasteiger partial charge is 0.497 e. The zero-order chi connectivity index (χ0) is 16.7. The number of rotatable bonds is 7. The number of amides is 1. The van der Waals surface area contributed by atoms with Crippen molar-refractivity contribution in [2.24, 2.45) is 0 Å². The third kappa shape index (κ3) is 5.17. The Morgan fingerprint density at radius 3 is 2.87 bits per heavy atom. The molecule has 1 amide bonds. The van der Waals surface area contributed by atoms with Crippen LogP contribution in [-0.2, 0) is 11.3 Å². The Kier molecular flexibility index (Phi) is 6.29. The highest BCUT2D eigenvalue weighted by Crippen LogP contribution is 2.22. The Hall–Kier alpha value is -2.21. The molecule has 5 nitrogen and oxygen atoms in total. The molecule has 1 N–H and O–H groups in total. The molecule has 6 heteroatoms. The van der Waals surface area contributed by atoms with Crippen molar-refractivity contribution in [2.45, 2.75) is 11.4 Å². The van der Waals surface area contributed by atoms with Crippen molar-refractivity contribution in [2.75, 3.05) is 31.9 Å². The lowest BCUT2D eigenvalue weighted by molar-refractivity contribution is -0.118. The topological polar surface area (TPSA) is 54.5 Å². The molecule has 0 spiro atoms. The molecule has 0 unspecified atom stereocenters. The van der Waals surface area contributed by atoms with E-state index >= 15 is 0 Å². The smallest absolute Gasteiger partial charge is 0.230 e. The van der Waals surface area contributed by atoms with Gasteiger partial charge in [0.1, 0.15) is 11.6 Å². The van der Waals surface area contributed by atoms with Crippen molar-refractivity contribution in [1.29, 1.82) is 0 Å². The maximum Gasteiger partial charge on any atom is 0.230 e. The summed E-state index contributed by atoms with van der Waals surface area (Å²) in [6.45, 7) is 0.471. The average molecular weight is 331 g/mol. The van der Waals surface area contributed by atoms with Crippen LogP contribution < -0.4 is 15.0 Å². The standard InChI is InChI=1S/C17H21N3O2S/c1-20(2)17-13(6-5-9-18-17)11-19-16(21)12-23-15-8-4-7-14(10-15)22-3/h4-10H,11-12H2,1-3H3,(H,19,21). The van der Waals surface area contributed by atoms with Gasteiger partial charge in [-0.2, -0.15) is 0 Å². The number of nitrogens with zero attached hydrogens (tertiary/aromatic N) is 2. The van der Waals surface area contributed by atoms with E-state index in [-0.39, 0.29) is 5.91 Å². The first-order chi connectivity index (χ1) is 11.1. The maximum absolute atomic E-state index is 12.0. The van der Waals surface area contributed by atoms with Crippen molar-refractivity contribution in [3.8, 4) is 5.75 Å². The van der Waals surface area contributed by atoms with Gasteiger partial charge in [-0.3, -0.25) is 4.79 Å². The number of anilines is 1. The molecule has 0 aliphatic rings. The van der Waals surface area contributed by atoms with E-state index in [2.05, 4.69) is 10.3 Å². The Balaban J connectivity index is 1.86. The first kappa shape index (κ1) is 17.1. The predicted octanol–water partition coefficient (Wildman–Crippen LogP) is 2.56. The van der Waals surface area contributed by atoms with Crippen molar-refractivity contribution in [3.05, 3.63) is 48.2 Å². The van der Waals surface area contributed by atoms with Crippen LogP contribution in [0.25, 0.3) is 0 Å². The average Bonchev–Trinajstić information content (AvgIpc) is 2.58.